The topological polar surface area (TPSA) is 113 Å². The number of nitrogens with one attached hydrogen (secondary N) is 1. The van der Waals surface area contributed by atoms with Crippen molar-refractivity contribution in [2.24, 2.45) is 5.73 Å². The average molecular weight is 244 g/mol. The van der Waals surface area contributed by atoms with Gasteiger partial charge in [0.15, 0.2) is 0 Å². The first-order valence-corrected chi connectivity index (χ1v) is 5.54. The lowest BCUT2D eigenvalue weighted by Crippen LogP contribution is -2.32. The summed E-state index contributed by atoms with van der Waals surface area (Å²) in [6, 6.07) is 5.53. The Labute approximate surface area is 94.9 Å². The zero-order valence-electron chi connectivity index (χ0n) is 8.29. The summed E-state index contributed by atoms with van der Waals surface area (Å²) in [5.74, 6) is -1.06. The Morgan fingerprint density at radius 1 is 1.44 bits per heavy atom. The van der Waals surface area contributed by atoms with Gasteiger partial charge < -0.3 is 10.8 Å². The fourth-order valence-corrected chi connectivity index (χ4v) is 1.49. The van der Waals surface area contributed by atoms with Crippen LogP contribution in [0.4, 0.5) is 5.69 Å². The molecule has 2 atom stereocenters. The molecule has 0 aliphatic rings. The molecule has 0 amide bonds. The molecule has 7 heteroatoms. The maximum atomic E-state index is 10.5. The predicted octanol–water partition coefficient (Wildman–Crippen LogP) is 0.190. The maximum absolute atomic E-state index is 10.5. The molecule has 1 rings (SSSR count). The highest BCUT2D eigenvalue weighted by molar-refractivity contribution is 7.80. The van der Waals surface area contributed by atoms with E-state index in [-0.39, 0.29) is 6.42 Å². The zero-order chi connectivity index (χ0) is 12.1. The highest BCUT2D eigenvalue weighted by atomic mass is 32.2. The lowest BCUT2D eigenvalue weighted by atomic mass is 10.1. The third kappa shape index (κ3) is 3.97. The summed E-state index contributed by atoms with van der Waals surface area (Å²) in [5.41, 5.74) is 6.60. The van der Waals surface area contributed by atoms with Crippen LogP contribution >= 0.6 is 0 Å². The quantitative estimate of drug-likeness (QED) is 0.552. The van der Waals surface area contributed by atoms with Crippen LogP contribution in [-0.4, -0.2) is 25.9 Å². The molecule has 0 saturated carbocycles. The normalized spacial score (nSPS) is 14.1. The second kappa shape index (κ2) is 5.59. The second-order valence-electron chi connectivity index (χ2n) is 3.20. The molecule has 5 N–H and O–H groups in total. The summed E-state index contributed by atoms with van der Waals surface area (Å²) in [5, 5.41) is 8.61. The van der Waals surface area contributed by atoms with Crippen molar-refractivity contribution in [3.05, 3.63) is 29.8 Å². The van der Waals surface area contributed by atoms with E-state index in [1.54, 1.807) is 24.3 Å². The van der Waals surface area contributed by atoms with Crippen molar-refractivity contribution >= 4 is 22.9 Å². The molecule has 0 radical (unpaired) electrons. The van der Waals surface area contributed by atoms with E-state index in [4.69, 9.17) is 15.4 Å². The monoisotopic (exact) mass is 244 g/mol. The number of hydrogen-bond donors (Lipinski definition) is 4. The van der Waals surface area contributed by atoms with Crippen LogP contribution in [0.3, 0.4) is 0 Å². The molecule has 0 fully saturated rings. The van der Waals surface area contributed by atoms with Crippen molar-refractivity contribution in [2.45, 2.75) is 12.5 Å². The standard InChI is InChI=1S/C9H12N2O4S/c10-8(9(12)13)5-6-1-3-7(4-2-6)11-16(14)15/h1-4,8,11H,5,10H2,(H,12,13)(H,14,15)/t8-/m0/s1. The number of anilines is 1. The molecule has 1 unspecified atom stereocenters. The van der Waals surface area contributed by atoms with Crippen molar-refractivity contribution in [1.82, 2.24) is 0 Å². The van der Waals surface area contributed by atoms with Crippen LogP contribution < -0.4 is 10.5 Å². The molecule has 6 nitrogen and oxygen atoms in total. The smallest absolute Gasteiger partial charge is 0.320 e. The van der Waals surface area contributed by atoms with Crippen molar-refractivity contribution in [2.75, 3.05) is 4.72 Å². The van der Waals surface area contributed by atoms with E-state index in [1.165, 1.54) is 0 Å². The fourth-order valence-electron chi connectivity index (χ4n) is 1.15. The van der Waals surface area contributed by atoms with E-state index in [0.29, 0.717) is 5.69 Å². The molecule has 0 saturated heterocycles. The zero-order valence-corrected chi connectivity index (χ0v) is 9.11. The molecular formula is C9H12N2O4S. The molecule has 0 aliphatic heterocycles. The van der Waals surface area contributed by atoms with Crippen LogP contribution in [-0.2, 0) is 22.5 Å². The molecule has 0 heterocycles. The maximum Gasteiger partial charge on any atom is 0.320 e. The van der Waals surface area contributed by atoms with Gasteiger partial charge in [-0.05, 0) is 24.1 Å². The van der Waals surface area contributed by atoms with E-state index >= 15 is 0 Å². The van der Waals surface area contributed by atoms with Crippen LogP contribution in [0, 0.1) is 0 Å². The van der Waals surface area contributed by atoms with Crippen molar-refractivity contribution in [3.63, 3.8) is 0 Å². The van der Waals surface area contributed by atoms with Crippen molar-refractivity contribution in [3.8, 4) is 0 Å². The van der Waals surface area contributed by atoms with Crippen LogP contribution in [0.15, 0.2) is 24.3 Å². The Hall–Kier alpha value is -1.44. The van der Waals surface area contributed by atoms with Crippen LogP contribution in [0.2, 0.25) is 0 Å². The first-order chi connectivity index (χ1) is 7.49. The lowest BCUT2D eigenvalue weighted by molar-refractivity contribution is -0.138. The fraction of sp³-hybridized carbons (Fsp3) is 0.222. The number of hydrogen-bond acceptors (Lipinski definition) is 3. The molecule has 1 aromatic rings. The number of aliphatic carboxylic acids is 1. The SMILES string of the molecule is N[C@@H](Cc1ccc(NS(=O)O)cc1)C(=O)O. The Kier molecular flexibility index (Phi) is 4.41. The molecule has 0 bridgehead atoms. The molecule has 16 heavy (non-hydrogen) atoms. The minimum atomic E-state index is -2.11. The number of benzene rings is 1. The Morgan fingerprint density at radius 3 is 2.44 bits per heavy atom. The predicted molar refractivity (Wildman–Crippen MR) is 60.2 cm³/mol. The largest absolute Gasteiger partial charge is 0.480 e. The molecule has 88 valence electrons. The Balaban J connectivity index is 2.64. The van der Waals surface area contributed by atoms with E-state index in [1.807, 2.05) is 0 Å². The Morgan fingerprint density at radius 2 is 2.00 bits per heavy atom. The number of carboxylic acid groups (broad SMARTS) is 1. The van der Waals surface area contributed by atoms with Gasteiger partial charge in [-0.3, -0.25) is 14.1 Å². The summed E-state index contributed by atoms with van der Waals surface area (Å²) in [6.45, 7) is 0. The third-order valence-corrected chi connectivity index (χ3v) is 2.34. The lowest BCUT2D eigenvalue weighted by Gasteiger charge is -2.07. The van der Waals surface area contributed by atoms with E-state index in [2.05, 4.69) is 4.72 Å². The first-order valence-electron chi connectivity index (χ1n) is 4.44. The van der Waals surface area contributed by atoms with Gasteiger partial charge in [-0.1, -0.05) is 12.1 Å². The highest BCUT2D eigenvalue weighted by Gasteiger charge is 2.11. The summed E-state index contributed by atoms with van der Waals surface area (Å²) < 4.78 is 21.3. The first kappa shape index (κ1) is 12.6. The number of rotatable bonds is 5. The minimum absolute atomic E-state index is 0.220. The summed E-state index contributed by atoms with van der Waals surface area (Å²) in [6.07, 6.45) is 0.220. The number of nitrogens with two attached hydrogens (primary N) is 1. The van der Waals surface area contributed by atoms with E-state index < -0.39 is 23.3 Å². The summed E-state index contributed by atoms with van der Waals surface area (Å²) >= 11 is -2.11. The van der Waals surface area contributed by atoms with Gasteiger partial charge in [-0.25, -0.2) is 4.21 Å². The Bertz CT molecular complexity index is 393. The second-order valence-corrected chi connectivity index (χ2v) is 3.90. The van der Waals surface area contributed by atoms with Crippen LogP contribution in [0.5, 0.6) is 0 Å². The van der Waals surface area contributed by atoms with E-state index in [9.17, 15) is 9.00 Å². The van der Waals surface area contributed by atoms with Crippen molar-refractivity contribution in [1.29, 1.82) is 0 Å². The minimum Gasteiger partial charge on any atom is -0.480 e. The highest BCUT2D eigenvalue weighted by Crippen LogP contribution is 2.11. The van der Waals surface area contributed by atoms with Gasteiger partial charge in [0.25, 0.3) is 11.3 Å². The number of carboxylic acids is 1. The van der Waals surface area contributed by atoms with Crippen molar-refractivity contribution < 1.29 is 18.7 Å². The average Bonchev–Trinajstić information content (AvgIpc) is 2.20. The number of carbonyl (C=O) groups is 1. The van der Waals surface area contributed by atoms with Gasteiger partial charge in [-0.2, -0.15) is 0 Å². The van der Waals surface area contributed by atoms with Gasteiger partial charge in [0.1, 0.15) is 6.04 Å². The molecule has 1 aromatic carbocycles. The van der Waals surface area contributed by atoms with E-state index in [0.717, 1.165) is 5.56 Å². The summed E-state index contributed by atoms with van der Waals surface area (Å²) in [7, 11) is 0. The molecule has 0 spiro atoms. The van der Waals surface area contributed by atoms with Gasteiger partial charge in [-0.15, -0.1) is 0 Å². The molecular weight excluding hydrogens is 232 g/mol. The van der Waals surface area contributed by atoms with Gasteiger partial charge in [0.05, 0.1) is 0 Å². The van der Waals surface area contributed by atoms with Crippen LogP contribution in [0.25, 0.3) is 0 Å². The third-order valence-electron chi connectivity index (χ3n) is 1.93. The molecule has 0 aromatic heterocycles. The summed E-state index contributed by atoms with van der Waals surface area (Å²) in [4.78, 5) is 10.5. The molecule has 0 aliphatic carbocycles. The van der Waals surface area contributed by atoms with Gasteiger partial charge >= 0.3 is 5.97 Å². The van der Waals surface area contributed by atoms with Gasteiger partial charge in [0.2, 0.25) is 0 Å². The van der Waals surface area contributed by atoms with Crippen LogP contribution in [0.1, 0.15) is 5.56 Å². The van der Waals surface area contributed by atoms with Gasteiger partial charge in [0, 0.05) is 5.69 Å².